The average molecular weight is 471 g/mol. The van der Waals surface area contributed by atoms with E-state index in [2.05, 4.69) is 18.7 Å². The molecule has 0 bridgehead atoms. The number of esters is 2. The van der Waals surface area contributed by atoms with Crippen molar-refractivity contribution >= 4 is 29.8 Å². The Labute approximate surface area is 190 Å². The van der Waals surface area contributed by atoms with Crippen molar-refractivity contribution < 1.29 is 53.9 Å². The van der Waals surface area contributed by atoms with Crippen LogP contribution < -0.4 is 4.74 Å². The Balaban J connectivity index is 0.000000684. The number of hydrogen-bond acceptors (Lipinski definition) is 9. The highest BCUT2D eigenvalue weighted by molar-refractivity contribution is 5.93. The van der Waals surface area contributed by atoms with E-state index in [1.165, 1.54) is 6.92 Å². The quantitative estimate of drug-likeness (QED) is 0.249. The Kier molecular flexibility index (Phi) is 13.0. The molecule has 0 spiro atoms. The summed E-state index contributed by atoms with van der Waals surface area (Å²) in [4.78, 5) is 55.6. The lowest BCUT2D eigenvalue weighted by Gasteiger charge is -2.18. The Hall–Kier alpha value is -3.51. The number of likely N-dealkylation sites (N-methyl/N-ethyl adjacent to an activating group) is 1. The number of carboxylic acid groups (broad SMARTS) is 3. The van der Waals surface area contributed by atoms with Gasteiger partial charge in [-0.25, -0.2) is 9.59 Å². The van der Waals surface area contributed by atoms with Crippen molar-refractivity contribution in [1.82, 2.24) is 4.90 Å². The van der Waals surface area contributed by atoms with Crippen molar-refractivity contribution in [1.29, 1.82) is 0 Å². The lowest BCUT2D eigenvalue weighted by Crippen LogP contribution is -2.42. The first-order valence-corrected chi connectivity index (χ1v) is 9.92. The van der Waals surface area contributed by atoms with Gasteiger partial charge in [0.1, 0.15) is 17.9 Å². The third-order valence-corrected chi connectivity index (χ3v) is 4.18. The number of para-hydroxylation sites is 1. The molecule has 0 aliphatic heterocycles. The molecule has 0 radical (unpaired) electrons. The van der Waals surface area contributed by atoms with Crippen LogP contribution >= 0.6 is 0 Å². The number of nitrogens with zero attached hydrogens (tertiary/aromatic N) is 1. The fourth-order valence-corrected chi connectivity index (χ4v) is 2.48. The topological polar surface area (TPSA) is 188 Å². The Bertz CT molecular complexity index is 817. The summed E-state index contributed by atoms with van der Waals surface area (Å²) in [6, 6.07) is 6.55. The summed E-state index contributed by atoms with van der Waals surface area (Å²) in [6.45, 7) is 8.24. The first-order chi connectivity index (χ1) is 15.4. The van der Waals surface area contributed by atoms with Crippen LogP contribution in [0.25, 0.3) is 0 Å². The molecule has 33 heavy (non-hydrogen) atoms. The van der Waals surface area contributed by atoms with Crippen LogP contribution in [0.3, 0.4) is 0 Å². The molecule has 0 fully saturated rings. The number of carbonyl (C=O) groups excluding carboxylic acids is 2. The van der Waals surface area contributed by atoms with Crippen LogP contribution in [0.5, 0.6) is 5.75 Å². The minimum Gasteiger partial charge on any atom is -0.481 e. The van der Waals surface area contributed by atoms with Gasteiger partial charge in [-0.1, -0.05) is 26.0 Å². The van der Waals surface area contributed by atoms with E-state index in [1.54, 1.807) is 24.3 Å². The standard InChI is InChI=1S/C15H21NO4.C6H8O7/c1-4-16(5-2)10-11-19-15(18)13-8-6-7-9-14(13)20-12(3)17;7-3(8)1-6(13,5(11)12)2-4(9)10/h6-9H,4-5,10-11H2,1-3H3;13H,1-2H2,(H,7,8)(H,9,10)(H,11,12). The highest BCUT2D eigenvalue weighted by Crippen LogP contribution is 2.19. The highest BCUT2D eigenvalue weighted by atomic mass is 16.5. The normalized spacial score (nSPS) is 10.6. The van der Waals surface area contributed by atoms with Crippen LogP contribution in [0.15, 0.2) is 24.3 Å². The van der Waals surface area contributed by atoms with Crippen molar-refractivity contribution in [2.75, 3.05) is 26.2 Å². The third kappa shape index (κ3) is 11.6. The van der Waals surface area contributed by atoms with Gasteiger partial charge in [0.05, 0.1) is 12.8 Å². The molecule has 0 amide bonds. The first-order valence-electron chi connectivity index (χ1n) is 9.92. The van der Waals surface area contributed by atoms with Crippen LogP contribution in [-0.4, -0.2) is 87.0 Å². The number of carboxylic acids is 3. The van der Waals surface area contributed by atoms with Crippen molar-refractivity contribution in [3.63, 3.8) is 0 Å². The van der Waals surface area contributed by atoms with Gasteiger partial charge in [0.15, 0.2) is 5.60 Å². The number of ether oxygens (including phenoxy) is 2. The van der Waals surface area contributed by atoms with Crippen LogP contribution in [0.4, 0.5) is 0 Å². The Morgan fingerprint density at radius 3 is 1.88 bits per heavy atom. The molecule has 0 heterocycles. The number of rotatable bonds is 12. The summed E-state index contributed by atoms with van der Waals surface area (Å²) < 4.78 is 10.2. The van der Waals surface area contributed by atoms with E-state index in [1.807, 2.05) is 0 Å². The van der Waals surface area contributed by atoms with Gasteiger partial charge in [-0.15, -0.1) is 0 Å². The smallest absolute Gasteiger partial charge is 0.341 e. The summed E-state index contributed by atoms with van der Waals surface area (Å²) >= 11 is 0. The zero-order valence-electron chi connectivity index (χ0n) is 18.6. The number of carbonyl (C=O) groups is 5. The van der Waals surface area contributed by atoms with E-state index in [0.29, 0.717) is 13.2 Å². The van der Waals surface area contributed by atoms with Gasteiger partial charge < -0.3 is 34.8 Å². The number of benzene rings is 1. The molecule has 184 valence electrons. The van der Waals surface area contributed by atoms with Crippen LogP contribution in [-0.2, 0) is 23.9 Å². The molecule has 1 aromatic carbocycles. The summed E-state index contributed by atoms with van der Waals surface area (Å²) in [5.41, 5.74) is -2.47. The molecule has 0 aliphatic rings. The van der Waals surface area contributed by atoms with Crippen LogP contribution in [0.1, 0.15) is 44.0 Å². The van der Waals surface area contributed by atoms with E-state index in [9.17, 15) is 24.0 Å². The van der Waals surface area contributed by atoms with Gasteiger partial charge in [-0.05, 0) is 25.2 Å². The molecule has 0 atom stereocenters. The SMILES string of the molecule is CCN(CC)CCOC(=O)c1ccccc1OC(C)=O.O=C(O)CC(O)(CC(=O)O)C(=O)O. The van der Waals surface area contributed by atoms with Crippen molar-refractivity contribution in [3.05, 3.63) is 29.8 Å². The predicted molar refractivity (Wildman–Crippen MR) is 113 cm³/mol. The van der Waals surface area contributed by atoms with Gasteiger partial charge in [-0.3, -0.25) is 14.4 Å². The van der Waals surface area contributed by atoms with E-state index in [4.69, 9.17) is 29.9 Å². The summed E-state index contributed by atoms with van der Waals surface area (Å²) in [5, 5.41) is 33.8. The number of aliphatic carboxylic acids is 3. The molecule has 0 saturated carbocycles. The summed E-state index contributed by atoms with van der Waals surface area (Å²) in [7, 11) is 0. The molecule has 1 aromatic rings. The second-order valence-electron chi connectivity index (χ2n) is 6.73. The largest absolute Gasteiger partial charge is 0.481 e. The average Bonchev–Trinajstić information content (AvgIpc) is 2.70. The van der Waals surface area contributed by atoms with Gasteiger partial charge in [-0.2, -0.15) is 0 Å². The number of hydrogen-bond donors (Lipinski definition) is 4. The lowest BCUT2D eigenvalue weighted by molar-refractivity contribution is -0.170. The first kappa shape index (κ1) is 29.5. The highest BCUT2D eigenvalue weighted by Gasteiger charge is 2.40. The van der Waals surface area contributed by atoms with Gasteiger partial charge >= 0.3 is 29.8 Å². The van der Waals surface area contributed by atoms with Crippen LogP contribution in [0, 0.1) is 0 Å². The fraction of sp³-hybridized carbons (Fsp3) is 0.476. The van der Waals surface area contributed by atoms with Crippen molar-refractivity contribution in [2.24, 2.45) is 0 Å². The molecule has 12 nitrogen and oxygen atoms in total. The Morgan fingerprint density at radius 2 is 1.45 bits per heavy atom. The van der Waals surface area contributed by atoms with E-state index < -0.39 is 48.3 Å². The monoisotopic (exact) mass is 471 g/mol. The molecule has 12 heteroatoms. The molecule has 1 rings (SSSR count). The maximum absolute atomic E-state index is 12.0. The minimum atomic E-state index is -2.74. The molecule has 0 aromatic heterocycles. The van der Waals surface area contributed by atoms with Gasteiger partial charge in [0.25, 0.3) is 0 Å². The maximum atomic E-state index is 12.0. The summed E-state index contributed by atoms with van der Waals surface area (Å²) in [6.07, 6.45) is -2.29. The molecule has 0 saturated heterocycles. The molecular weight excluding hydrogens is 442 g/mol. The Morgan fingerprint density at radius 1 is 0.939 bits per heavy atom. The second-order valence-corrected chi connectivity index (χ2v) is 6.73. The maximum Gasteiger partial charge on any atom is 0.341 e. The number of aliphatic hydroxyl groups is 1. The van der Waals surface area contributed by atoms with Crippen LogP contribution in [0.2, 0.25) is 0 Å². The van der Waals surface area contributed by atoms with E-state index in [-0.39, 0.29) is 11.3 Å². The van der Waals surface area contributed by atoms with E-state index in [0.717, 1.165) is 13.1 Å². The third-order valence-electron chi connectivity index (χ3n) is 4.18. The van der Waals surface area contributed by atoms with E-state index >= 15 is 0 Å². The molecule has 4 N–H and O–H groups in total. The van der Waals surface area contributed by atoms with Crippen molar-refractivity contribution in [3.8, 4) is 5.75 Å². The minimum absolute atomic E-state index is 0.229. The van der Waals surface area contributed by atoms with Crippen molar-refractivity contribution in [2.45, 2.75) is 39.2 Å². The second kappa shape index (κ2) is 14.5. The zero-order chi connectivity index (χ0) is 25.6. The lowest BCUT2D eigenvalue weighted by atomic mass is 9.96. The predicted octanol–water partition coefficient (Wildman–Crippen LogP) is 0.862. The molecule has 0 aliphatic carbocycles. The fourth-order valence-electron chi connectivity index (χ4n) is 2.48. The van der Waals surface area contributed by atoms with Gasteiger partial charge in [0.2, 0.25) is 0 Å². The summed E-state index contributed by atoms with van der Waals surface area (Å²) in [5.74, 6) is -5.73. The molecular formula is C21H29NO11. The van der Waals surface area contributed by atoms with Gasteiger partial charge in [0, 0.05) is 13.5 Å². The molecule has 0 unspecified atom stereocenters. The zero-order valence-corrected chi connectivity index (χ0v) is 18.6.